The summed E-state index contributed by atoms with van der Waals surface area (Å²) in [5, 5.41) is 0. The van der Waals surface area contributed by atoms with Gasteiger partial charge in [-0.15, -0.1) is 0 Å². The Morgan fingerprint density at radius 2 is 2.25 bits per heavy atom. The van der Waals surface area contributed by atoms with Gasteiger partial charge in [0.2, 0.25) is 0 Å². The van der Waals surface area contributed by atoms with Crippen LogP contribution in [0.4, 0.5) is 0 Å². The Kier molecular flexibility index (Phi) is 3.45. The highest BCUT2D eigenvalue weighted by molar-refractivity contribution is 5.29. The second-order valence-electron chi connectivity index (χ2n) is 2.44. The lowest BCUT2D eigenvalue weighted by Crippen LogP contribution is -1.94. The Bertz CT molecular complexity index is 216. The minimum atomic E-state index is 0.739. The summed E-state index contributed by atoms with van der Waals surface area (Å²) in [6.45, 7) is 2.81. The van der Waals surface area contributed by atoms with Crippen LogP contribution in [0.1, 0.15) is 13.3 Å². The van der Waals surface area contributed by atoms with Crippen LogP contribution < -0.4 is 9.47 Å². The van der Waals surface area contributed by atoms with Crippen molar-refractivity contribution in [1.82, 2.24) is 0 Å². The molecule has 0 atom stereocenters. The highest BCUT2D eigenvalue weighted by Crippen LogP contribution is 2.15. The lowest BCUT2D eigenvalue weighted by atomic mass is 10.3. The molecule has 1 rings (SSSR count). The average molecular weight is 165 g/mol. The van der Waals surface area contributed by atoms with Crippen molar-refractivity contribution in [1.29, 1.82) is 0 Å². The van der Waals surface area contributed by atoms with E-state index in [1.54, 1.807) is 13.2 Å². The second kappa shape index (κ2) is 4.65. The Morgan fingerprint density at radius 3 is 2.75 bits per heavy atom. The Labute approximate surface area is 73.1 Å². The maximum Gasteiger partial charge on any atom is 0.127 e. The molecule has 0 spiro atoms. The number of hydrogen-bond donors (Lipinski definition) is 0. The predicted molar refractivity (Wildman–Crippen MR) is 47.6 cm³/mol. The van der Waals surface area contributed by atoms with Crippen molar-refractivity contribution in [3.63, 3.8) is 0 Å². The molecule has 0 aliphatic rings. The summed E-state index contributed by atoms with van der Waals surface area (Å²) in [5.41, 5.74) is 0. The first-order valence-electron chi connectivity index (χ1n) is 4.05. The van der Waals surface area contributed by atoms with Gasteiger partial charge in [-0.1, -0.05) is 6.92 Å². The first kappa shape index (κ1) is 8.91. The molecule has 0 unspecified atom stereocenters. The number of ether oxygens (including phenoxy) is 2. The van der Waals surface area contributed by atoms with Crippen LogP contribution in [0.5, 0.6) is 11.5 Å². The quantitative estimate of drug-likeness (QED) is 0.681. The van der Waals surface area contributed by atoms with Gasteiger partial charge in [0.1, 0.15) is 11.5 Å². The molecule has 0 N–H and O–H groups in total. The second-order valence-corrected chi connectivity index (χ2v) is 2.44. The van der Waals surface area contributed by atoms with E-state index in [4.69, 9.17) is 9.47 Å². The normalized spacial score (nSPS) is 9.50. The third kappa shape index (κ3) is 2.46. The van der Waals surface area contributed by atoms with E-state index in [0.29, 0.717) is 0 Å². The van der Waals surface area contributed by atoms with Gasteiger partial charge in [-0.3, -0.25) is 0 Å². The van der Waals surface area contributed by atoms with Crippen LogP contribution in [-0.2, 0) is 0 Å². The van der Waals surface area contributed by atoms with Gasteiger partial charge in [0.15, 0.2) is 0 Å². The maximum absolute atomic E-state index is 5.34. The van der Waals surface area contributed by atoms with Gasteiger partial charge in [-0.2, -0.15) is 0 Å². The summed E-state index contributed by atoms with van der Waals surface area (Å²) >= 11 is 0. The minimum absolute atomic E-state index is 0.739. The van der Waals surface area contributed by atoms with Gasteiger partial charge in [0.05, 0.1) is 13.7 Å². The SMILES string of the molecule is CCCOc1[c]cc(OC)cc1. The molecule has 1 aromatic rings. The Morgan fingerprint density at radius 1 is 1.42 bits per heavy atom. The van der Waals surface area contributed by atoms with E-state index in [0.717, 1.165) is 24.5 Å². The molecule has 1 aromatic carbocycles. The molecular formula is C10H13O2. The number of rotatable bonds is 4. The van der Waals surface area contributed by atoms with Crippen LogP contribution in [0.2, 0.25) is 0 Å². The van der Waals surface area contributed by atoms with E-state index in [9.17, 15) is 0 Å². The molecule has 0 amide bonds. The van der Waals surface area contributed by atoms with Crippen molar-refractivity contribution in [2.45, 2.75) is 13.3 Å². The van der Waals surface area contributed by atoms with Gasteiger partial charge in [-0.25, -0.2) is 0 Å². The Balaban J connectivity index is 2.53. The van der Waals surface area contributed by atoms with Gasteiger partial charge in [-0.05, 0) is 24.6 Å². The molecule has 0 heterocycles. The third-order valence-corrected chi connectivity index (χ3v) is 1.45. The van der Waals surface area contributed by atoms with Crippen molar-refractivity contribution in [3.05, 3.63) is 24.3 Å². The third-order valence-electron chi connectivity index (χ3n) is 1.45. The Hall–Kier alpha value is -1.18. The monoisotopic (exact) mass is 165 g/mol. The topological polar surface area (TPSA) is 18.5 Å². The standard InChI is InChI=1S/C10H13O2/c1-3-8-12-10-6-4-9(11-2)5-7-10/h4-6H,3,8H2,1-2H3. The van der Waals surface area contributed by atoms with Gasteiger partial charge < -0.3 is 9.47 Å². The molecular weight excluding hydrogens is 152 g/mol. The fourth-order valence-electron chi connectivity index (χ4n) is 0.825. The van der Waals surface area contributed by atoms with Gasteiger partial charge in [0.25, 0.3) is 0 Å². The van der Waals surface area contributed by atoms with Gasteiger partial charge >= 0.3 is 0 Å². The molecule has 0 bridgehead atoms. The van der Waals surface area contributed by atoms with E-state index in [-0.39, 0.29) is 0 Å². The number of benzene rings is 1. The summed E-state index contributed by atoms with van der Waals surface area (Å²) in [6, 6.07) is 8.46. The lowest BCUT2D eigenvalue weighted by molar-refractivity contribution is 0.316. The summed E-state index contributed by atoms with van der Waals surface area (Å²) in [6.07, 6.45) is 1.01. The maximum atomic E-state index is 5.34. The fourth-order valence-corrected chi connectivity index (χ4v) is 0.825. The molecule has 0 saturated carbocycles. The van der Waals surface area contributed by atoms with E-state index >= 15 is 0 Å². The molecule has 65 valence electrons. The van der Waals surface area contributed by atoms with E-state index in [1.165, 1.54) is 0 Å². The summed E-state index contributed by atoms with van der Waals surface area (Å²) in [5.74, 6) is 1.58. The molecule has 0 fully saturated rings. The van der Waals surface area contributed by atoms with Crippen LogP contribution >= 0.6 is 0 Å². The zero-order valence-electron chi connectivity index (χ0n) is 7.46. The molecule has 0 aliphatic carbocycles. The van der Waals surface area contributed by atoms with Crippen molar-refractivity contribution in [3.8, 4) is 11.5 Å². The van der Waals surface area contributed by atoms with Crippen LogP contribution in [0.15, 0.2) is 18.2 Å². The van der Waals surface area contributed by atoms with E-state index in [1.807, 2.05) is 12.1 Å². The van der Waals surface area contributed by atoms with Crippen molar-refractivity contribution in [2.24, 2.45) is 0 Å². The van der Waals surface area contributed by atoms with Crippen LogP contribution in [0.25, 0.3) is 0 Å². The number of hydrogen-bond acceptors (Lipinski definition) is 2. The molecule has 1 radical (unpaired) electrons. The van der Waals surface area contributed by atoms with E-state index in [2.05, 4.69) is 13.0 Å². The predicted octanol–water partition coefficient (Wildman–Crippen LogP) is 2.28. The summed E-state index contributed by atoms with van der Waals surface area (Å²) in [7, 11) is 1.63. The smallest absolute Gasteiger partial charge is 0.127 e. The van der Waals surface area contributed by atoms with E-state index < -0.39 is 0 Å². The largest absolute Gasteiger partial charge is 0.497 e. The van der Waals surface area contributed by atoms with Crippen molar-refractivity contribution >= 4 is 0 Å². The molecule has 0 saturated heterocycles. The molecule has 12 heavy (non-hydrogen) atoms. The lowest BCUT2D eigenvalue weighted by Gasteiger charge is -2.04. The first-order valence-corrected chi connectivity index (χ1v) is 4.05. The zero-order chi connectivity index (χ0) is 8.81. The van der Waals surface area contributed by atoms with Crippen LogP contribution in [0.3, 0.4) is 0 Å². The minimum Gasteiger partial charge on any atom is -0.497 e. The summed E-state index contributed by atoms with van der Waals surface area (Å²) < 4.78 is 10.3. The highest BCUT2D eigenvalue weighted by Gasteiger charge is 1.93. The molecule has 0 aliphatic heterocycles. The van der Waals surface area contributed by atoms with Crippen LogP contribution in [0, 0.1) is 6.07 Å². The van der Waals surface area contributed by atoms with Crippen molar-refractivity contribution in [2.75, 3.05) is 13.7 Å². The molecule has 2 heteroatoms. The fraction of sp³-hybridized carbons (Fsp3) is 0.400. The first-order chi connectivity index (χ1) is 5.86. The number of methoxy groups -OCH3 is 1. The van der Waals surface area contributed by atoms with Crippen molar-refractivity contribution < 1.29 is 9.47 Å². The molecule has 0 aromatic heterocycles. The van der Waals surface area contributed by atoms with Crippen LogP contribution in [-0.4, -0.2) is 13.7 Å². The molecule has 2 nitrogen and oxygen atoms in total. The average Bonchev–Trinajstić information content (AvgIpc) is 2.15. The highest BCUT2D eigenvalue weighted by atomic mass is 16.5. The summed E-state index contributed by atoms with van der Waals surface area (Å²) in [4.78, 5) is 0. The zero-order valence-corrected chi connectivity index (χ0v) is 7.46. The van der Waals surface area contributed by atoms with Gasteiger partial charge in [0, 0.05) is 6.07 Å².